The predicted molar refractivity (Wildman–Crippen MR) is 132 cm³/mol. The lowest BCUT2D eigenvalue weighted by Crippen LogP contribution is -2.29. The third kappa shape index (κ3) is 4.96. The van der Waals surface area contributed by atoms with E-state index >= 15 is 0 Å². The van der Waals surface area contributed by atoms with Crippen LogP contribution in [-0.4, -0.2) is 38.9 Å². The second-order valence-corrected chi connectivity index (χ2v) is 8.71. The van der Waals surface area contributed by atoms with E-state index in [1.807, 2.05) is 32.0 Å². The van der Waals surface area contributed by atoms with Gasteiger partial charge in [-0.3, -0.25) is 14.4 Å². The summed E-state index contributed by atoms with van der Waals surface area (Å²) in [5.74, 6) is -1.63. The number of hydrogen-bond donors (Lipinski definition) is 3. The molecular formula is C26H23FN6O4. The Balaban J connectivity index is 1.34. The maximum atomic E-state index is 14.4. The minimum absolute atomic E-state index is 0.0310. The molecule has 4 aromatic rings. The zero-order valence-electron chi connectivity index (χ0n) is 20.1. The van der Waals surface area contributed by atoms with Crippen LogP contribution in [0.5, 0.6) is 5.75 Å². The summed E-state index contributed by atoms with van der Waals surface area (Å²) < 4.78 is 20.8. The van der Waals surface area contributed by atoms with Crippen LogP contribution in [0.1, 0.15) is 43.2 Å². The van der Waals surface area contributed by atoms with E-state index in [1.165, 1.54) is 6.07 Å². The summed E-state index contributed by atoms with van der Waals surface area (Å²) in [6.45, 7) is 4.28. The Kier molecular flexibility index (Phi) is 6.26. The van der Waals surface area contributed by atoms with Crippen molar-refractivity contribution in [2.24, 2.45) is 0 Å². The molecule has 10 nitrogen and oxygen atoms in total. The number of ether oxygens (including phenoxy) is 1. The van der Waals surface area contributed by atoms with E-state index in [9.17, 15) is 18.8 Å². The number of rotatable bonds is 6. The number of aryl methyl sites for hydroxylation is 2. The average molecular weight is 503 g/mol. The van der Waals surface area contributed by atoms with E-state index in [4.69, 9.17) is 4.74 Å². The maximum Gasteiger partial charge on any atom is 0.270 e. The molecule has 0 fully saturated rings. The Hall–Kier alpha value is -4.80. The molecule has 0 bridgehead atoms. The fourth-order valence-corrected chi connectivity index (χ4v) is 3.91. The number of hydrogen-bond acceptors (Lipinski definition) is 6. The fraction of sp³-hybridized carbons (Fsp3) is 0.192. The zero-order chi connectivity index (χ0) is 26.1. The van der Waals surface area contributed by atoms with Crippen molar-refractivity contribution in [3.8, 4) is 5.75 Å². The first-order valence-corrected chi connectivity index (χ1v) is 11.5. The second kappa shape index (κ2) is 9.69. The van der Waals surface area contributed by atoms with Crippen molar-refractivity contribution in [3.63, 3.8) is 0 Å². The monoisotopic (exact) mass is 502 g/mol. The van der Waals surface area contributed by atoms with Crippen LogP contribution in [0.3, 0.4) is 0 Å². The van der Waals surface area contributed by atoms with Crippen LogP contribution in [-0.2, 0) is 17.9 Å². The van der Waals surface area contributed by atoms with Crippen LogP contribution in [0.4, 0.5) is 10.1 Å². The largest absolute Gasteiger partial charge is 0.482 e. The van der Waals surface area contributed by atoms with E-state index in [0.29, 0.717) is 17.0 Å². The molecule has 0 aliphatic carbocycles. The van der Waals surface area contributed by atoms with Crippen molar-refractivity contribution >= 4 is 29.1 Å². The SMILES string of the molecule is Cc1ccc(CNC(=O)c2cc(C(=O)NCc3ccc4c(c3)NC(=O)CO4)nc3c(F)cnn23)cc1C. The van der Waals surface area contributed by atoms with E-state index in [0.717, 1.165) is 27.4 Å². The number of aromatic nitrogens is 3. The molecule has 37 heavy (non-hydrogen) atoms. The predicted octanol–water partition coefficient (Wildman–Crippen LogP) is 2.68. The number of nitrogens with one attached hydrogen (secondary N) is 3. The molecule has 0 radical (unpaired) electrons. The van der Waals surface area contributed by atoms with Gasteiger partial charge in [0.1, 0.15) is 17.1 Å². The number of amides is 3. The highest BCUT2D eigenvalue weighted by molar-refractivity contribution is 5.98. The number of nitrogens with zero attached hydrogens (tertiary/aromatic N) is 3. The summed E-state index contributed by atoms with van der Waals surface area (Å²) in [5.41, 5.74) is 3.93. The Morgan fingerprint density at radius 1 is 1.03 bits per heavy atom. The van der Waals surface area contributed by atoms with Gasteiger partial charge < -0.3 is 20.7 Å². The summed E-state index contributed by atoms with van der Waals surface area (Å²) >= 11 is 0. The van der Waals surface area contributed by atoms with Crippen LogP contribution in [0.2, 0.25) is 0 Å². The van der Waals surface area contributed by atoms with E-state index in [2.05, 4.69) is 26.0 Å². The second-order valence-electron chi connectivity index (χ2n) is 8.71. The maximum absolute atomic E-state index is 14.4. The molecule has 0 atom stereocenters. The molecule has 0 unspecified atom stereocenters. The molecular weight excluding hydrogens is 479 g/mol. The van der Waals surface area contributed by atoms with Crippen molar-refractivity contribution in [1.29, 1.82) is 0 Å². The first-order valence-electron chi connectivity index (χ1n) is 11.5. The molecule has 5 rings (SSSR count). The number of benzene rings is 2. The molecule has 3 heterocycles. The highest BCUT2D eigenvalue weighted by Crippen LogP contribution is 2.28. The standard InChI is InChI=1S/C26H23FN6O4/c1-14-3-4-16(7-15(14)2)10-29-26(36)21-9-20(32-24-18(27)12-30-33(21)24)25(35)28-11-17-5-6-22-19(8-17)31-23(34)13-37-22/h3-9,12H,10-11,13H2,1-2H3,(H,28,35)(H,29,36)(H,31,34). The van der Waals surface area contributed by atoms with Crippen LogP contribution in [0, 0.1) is 19.7 Å². The molecule has 2 aromatic heterocycles. The van der Waals surface area contributed by atoms with E-state index in [1.54, 1.807) is 18.2 Å². The van der Waals surface area contributed by atoms with Crippen molar-refractivity contribution in [3.05, 3.63) is 88.1 Å². The third-order valence-corrected chi connectivity index (χ3v) is 6.05. The molecule has 0 saturated heterocycles. The van der Waals surface area contributed by atoms with Crippen molar-refractivity contribution < 1.29 is 23.5 Å². The van der Waals surface area contributed by atoms with Crippen molar-refractivity contribution in [2.45, 2.75) is 26.9 Å². The number of halogens is 1. The number of fused-ring (bicyclic) bond motifs is 2. The summed E-state index contributed by atoms with van der Waals surface area (Å²) in [4.78, 5) is 41.5. The summed E-state index contributed by atoms with van der Waals surface area (Å²) in [7, 11) is 0. The fourth-order valence-electron chi connectivity index (χ4n) is 3.91. The molecule has 1 aliphatic rings. The lowest BCUT2D eigenvalue weighted by molar-refractivity contribution is -0.118. The molecule has 1 aliphatic heterocycles. The van der Waals surface area contributed by atoms with Crippen LogP contribution in [0.15, 0.2) is 48.7 Å². The minimum atomic E-state index is -0.761. The summed E-state index contributed by atoms with van der Waals surface area (Å²) in [6.07, 6.45) is 0.938. The lowest BCUT2D eigenvalue weighted by atomic mass is 10.1. The van der Waals surface area contributed by atoms with Gasteiger partial charge in [-0.25, -0.2) is 13.9 Å². The quantitative estimate of drug-likeness (QED) is 0.372. The Morgan fingerprint density at radius 3 is 2.54 bits per heavy atom. The number of carbonyl (C=O) groups excluding carboxylic acids is 3. The minimum Gasteiger partial charge on any atom is -0.482 e. The van der Waals surface area contributed by atoms with Gasteiger partial charge in [-0.15, -0.1) is 0 Å². The molecule has 0 saturated carbocycles. The molecule has 0 spiro atoms. The lowest BCUT2D eigenvalue weighted by Gasteiger charge is -2.18. The molecule has 3 N–H and O–H groups in total. The van der Waals surface area contributed by atoms with E-state index in [-0.39, 0.29) is 42.6 Å². The van der Waals surface area contributed by atoms with Crippen LogP contribution in [0.25, 0.3) is 5.65 Å². The first-order chi connectivity index (χ1) is 17.8. The topological polar surface area (TPSA) is 127 Å². The third-order valence-electron chi connectivity index (χ3n) is 6.05. The van der Waals surface area contributed by atoms with E-state index < -0.39 is 17.6 Å². The van der Waals surface area contributed by atoms with Gasteiger partial charge in [0.25, 0.3) is 17.7 Å². The number of carbonyl (C=O) groups is 3. The van der Waals surface area contributed by atoms with Gasteiger partial charge in [0.2, 0.25) is 0 Å². The van der Waals surface area contributed by atoms with Crippen molar-refractivity contribution in [2.75, 3.05) is 11.9 Å². The highest BCUT2D eigenvalue weighted by atomic mass is 19.1. The molecule has 3 amide bonds. The first kappa shape index (κ1) is 23.9. The Labute approximate surface area is 210 Å². The Bertz CT molecular complexity index is 1560. The van der Waals surface area contributed by atoms with Gasteiger partial charge in [0.15, 0.2) is 18.1 Å². The molecule has 2 aromatic carbocycles. The van der Waals surface area contributed by atoms with Crippen LogP contribution >= 0.6 is 0 Å². The summed E-state index contributed by atoms with van der Waals surface area (Å²) in [6, 6.07) is 12.3. The highest BCUT2D eigenvalue weighted by Gasteiger charge is 2.21. The van der Waals surface area contributed by atoms with Gasteiger partial charge in [0.05, 0.1) is 11.9 Å². The number of anilines is 1. The van der Waals surface area contributed by atoms with Crippen LogP contribution < -0.4 is 20.7 Å². The molecule has 188 valence electrons. The smallest absolute Gasteiger partial charge is 0.270 e. The molecule has 11 heteroatoms. The summed E-state index contributed by atoms with van der Waals surface area (Å²) in [5, 5.41) is 12.1. The van der Waals surface area contributed by atoms with Gasteiger partial charge in [-0.2, -0.15) is 5.10 Å². The van der Waals surface area contributed by atoms with Gasteiger partial charge in [-0.05, 0) is 48.2 Å². The van der Waals surface area contributed by atoms with Crippen molar-refractivity contribution in [1.82, 2.24) is 25.2 Å². The Morgan fingerprint density at radius 2 is 1.76 bits per heavy atom. The average Bonchev–Trinajstić information content (AvgIpc) is 3.27. The van der Waals surface area contributed by atoms with Gasteiger partial charge in [0, 0.05) is 19.2 Å². The van der Waals surface area contributed by atoms with Gasteiger partial charge >= 0.3 is 0 Å². The normalized spacial score (nSPS) is 12.5. The van der Waals surface area contributed by atoms with Gasteiger partial charge in [-0.1, -0.05) is 24.3 Å². The zero-order valence-corrected chi connectivity index (χ0v) is 20.1.